The zero-order chi connectivity index (χ0) is 22.9. The average molecular weight is 484 g/mol. The lowest BCUT2D eigenvalue weighted by atomic mass is 10.0. The number of pyridine rings is 1. The van der Waals surface area contributed by atoms with E-state index in [1.165, 1.54) is 24.1 Å². The Labute approximate surface area is 189 Å². The van der Waals surface area contributed by atoms with Crippen LogP contribution >= 0.6 is 22.9 Å². The minimum Gasteiger partial charge on any atom is -0.481 e. The molecular weight excluding hydrogens is 467 g/mol. The van der Waals surface area contributed by atoms with Gasteiger partial charge in [-0.1, -0.05) is 17.7 Å². The first-order valence-corrected chi connectivity index (χ1v) is 10.7. The first-order valence-electron chi connectivity index (χ1n) is 9.49. The minimum atomic E-state index is -4.40. The van der Waals surface area contributed by atoms with Gasteiger partial charge in [-0.05, 0) is 30.2 Å². The van der Waals surface area contributed by atoms with Gasteiger partial charge >= 0.3 is 11.9 Å². The van der Waals surface area contributed by atoms with Crippen molar-refractivity contribution < 1.29 is 17.9 Å². The summed E-state index contributed by atoms with van der Waals surface area (Å²) in [7, 11) is 1.53. The molecule has 0 saturated carbocycles. The van der Waals surface area contributed by atoms with E-state index in [-0.39, 0.29) is 12.5 Å². The molecule has 1 aliphatic rings. The highest BCUT2D eigenvalue weighted by atomic mass is 35.5. The van der Waals surface area contributed by atoms with Gasteiger partial charge in [0.2, 0.25) is 11.8 Å². The van der Waals surface area contributed by atoms with Gasteiger partial charge in [0.15, 0.2) is 0 Å². The lowest BCUT2D eigenvalue weighted by Gasteiger charge is -2.26. The fourth-order valence-electron chi connectivity index (χ4n) is 3.22. The number of anilines is 1. The predicted molar refractivity (Wildman–Crippen MR) is 115 cm³/mol. The summed E-state index contributed by atoms with van der Waals surface area (Å²) in [6.45, 7) is 0.974. The molecule has 0 atom stereocenters. The molecule has 0 saturated heterocycles. The van der Waals surface area contributed by atoms with Crippen molar-refractivity contribution >= 4 is 34.5 Å². The van der Waals surface area contributed by atoms with Crippen LogP contribution in [-0.2, 0) is 12.7 Å². The Hall–Kier alpha value is -2.92. The van der Waals surface area contributed by atoms with Crippen molar-refractivity contribution in [3.8, 4) is 5.88 Å². The quantitative estimate of drug-likeness (QED) is 0.543. The van der Waals surface area contributed by atoms with Crippen LogP contribution in [0.4, 0.5) is 19.1 Å². The number of hydrogen-bond acceptors (Lipinski definition) is 7. The Bertz CT molecular complexity index is 1220. The van der Waals surface area contributed by atoms with Crippen LogP contribution in [0.1, 0.15) is 21.9 Å². The molecule has 0 fully saturated rings. The fourth-order valence-corrected chi connectivity index (χ4v) is 4.32. The van der Waals surface area contributed by atoms with Gasteiger partial charge in [-0.2, -0.15) is 18.2 Å². The lowest BCUT2D eigenvalue weighted by Crippen LogP contribution is -2.34. The Morgan fingerprint density at radius 1 is 1.22 bits per heavy atom. The number of thiophene rings is 1. The SMILES string of the molecule is COc1ccc(Cl)c(C2=CCN(c3ncn(Cc4ccc(C(F)(F)F)s4)c(=O)n3)CC2)n1. The molecule has 12 heteroatoms. The molecule has 4 rings (SSSR count). The lowest BCUT2D eigenvalue weighted by molar-refractivity contribution is -0.134. The topological polar surface area (TPSA) is 73.1 Å². The normalized spacial score (nSPS) is 14.4. The van der Waals surface area contributed by atoms with Crippen molar-refractivity contribution in [3.63, 3.8) is 0 Å². The third-order valence-corrected chi connectivity index (χ3v) is 6.27. The molecule has 7 nitrogen and oxygen atoms in total. The van der Waals surface area contributed by atoms with E-state index in [2.05, 4.69) is 15.0 Å². The summed E-state index contributed by atoms with van der Waals surface area (Å²) < 4.78 is 44.6. The molecule has 168 valence electrons. The van der Waals surface area contributed by atoms with Gasteiger partial charge in [-0.15, -0.1) is 11.3 Å². The maximum atomic E-state index is 12.8. The van der Waals surface area contributed by atoms with Gasteiger partial charge in [0.25, 0.3) is 0 Å². The Balaban J connectivity index is 1.47. The maximum absolute atomic E-state index is 12.8. The summed E-state index contributed by atoms with van der Waals surface area (Å²) in [4.78, 5) is 26.5. The van der Waals surface area contributed by atoms with Crippen molar-refractivity contribution in [3.05, 3.63) is 67.6 Å². The molecule has 4 heterocycles. The number of rotatable bonds is 5. The van der Waals surface area contributed by atoms with Crippen LogP contribution < -0.4 is 15.3 Å². The van der Waals surface area contributed by atoms with Crippen LogP contribution in [0, 0.1) is 0 Å². The molecule has 3 aromatic heterocycles. The second kappa shape index (κ2) is 8.91. The highest BCUT2D eigenvalue weighted by molar-refractivity contribution is 7.12. The summed E-state index contributed by atoms with van der Waals surface area (Å²) in [6, 6.07) is 5.76. The predicted octanol–water partition coefficient (Wildman–Crippen LogP) is 4.12. The molecule has 3 aromatic rings. The van der Waals surface area contributed by atoms with Crippen LogP contribution in [0.3, 0.4) is 0 Å². The number of aromatic nitrogens is 4. The minimum absolute atomic E-state index is 0.0239. The number of alkyl halides is 3. The second-order valence-corrected chi connectivity index (χ2v) is 8.52. The number of ether oxygens (including phenoxy) is 1. The largest absolute Gasteiger partial charge is 0.481 e. The summed E-state index contributed by atoms with van der Waals surface area (Å²) in [5.74, 6) is 0.723. The molecular formula is C20H17ClF3N5O2S. The summed E-state index contributed by atoms with van der Waals surface area (Å²) in [5, 5.41) is 0.520. The van der Waals surface area contributed by atoms with E-state index in [0.717, 1.165) is 11.6 Å². The number of halogens is 4. The van der Waals surface area contributed by atoms with Gasteiger partial charge in [0, 0.05) is 24.0 Å². The van der Waals surface area contributed by atoms with Gasteiger partial charge < -0.3 is 9.64 Å². The van der Waals surface area contributed by atoms with E-state index >= 15 is 0 Å². The molecule has 32 heavy (non-hydrogen) atoms. The zero-order valence-corrected chi connectivity index (χ0v) is 18.3. The van der Waals surface area contributed by atoms with Gasteiger partial charge in [-0.25, -0.2) is 14.8 Å². The smallest absolute Gasteiger partial charge is 0.425 e. The number of nitrogens with zero attached hydrogens (tertiary/aromatic N) is 5. The standard InChI is InChI=1S/C20H17ClF3N5O2S/c1-31-16-5-3-14(21)17(26-16)12-6-8-28(9-7-12)18-25-11-29(19(30)27-18)10-13-2-4-15(32-13)20(22,23)24/h2-6,11H,7-10H2,1H3. The van der Waals surface area contributed by atoms with E-state index in [1.807, 2.05) is 11.0 Å². The molecule has 1 aliphatic heterocycles. The molecule has 0 radical (unpaired) electrons. The molecule has 0 unspecified atom stereocenters. The maximum Gasteiger partial charge on any atom is 0.425 e. The van der Waals surface area contributed by atoms with Crippen LogP contribution in [0.25, 0.3) is 5.57 Å². The zero-order valence-electron chi connectivity index (χ0n) is 16.8. The molecule has 0 spiro atoms. The molecule has 0 bridgehead atoms. The van der Waals surface area contributed by atoms with Crippen molar-refractivity contribution in [2.45, 2.75) is 19.1 Å². The van der Waals surface area contributed by atoms with Crippen LogP contribution in [0.15, 0.2) is 41.5 Å². The molecule has 0 aromatic carbocycles. The van der Waals surface area contributed by atoms with Gasteiger partial charge in [0.05, 0.1) is 24.4 Å². The highest BCUT2D eigenvalue weighted by Crippen LogP contribution is 2.34. The number of hydrogen-bond donors (Lipinski definition) is 0. The molecule has 0 N–H and O–H groups in total. The van der Waals surface area contributed by atoms with E-state index < -0.39 is 16.7 Å². The van der Waals surface area contributed by atoms with Gasteiger partial charge in [0.1, 0.15) is 11.2 Å². The van der Waals surface area contributed by atoms with Crippen molar-refractivity contribution in [1.82, 2.24) is 19.5 Å². The van der Waals surface area contributed by atoms with E-state index in [9.17, 15) is 18.0 Å². The summed E-state index contributed by atoms with van der Waals surface area (Å²) in [5.41, 5.74) is 1.03. The van der Waals surface area contributed by atoms with E-state index in [1.54, 1.807) is 12.1 Å². The van der Waals surface area contributed by atoms with Crippen LogP contribution in [0.2, 0.25) is 5.02 Å². The fraction of sp³-hybridized carbons (Fsp3) is 0.300. The monoisotopic (exact) mass is 483 g/mol. The Morgan fingerprint density at radius 3 is 2.66 bits per heavy atom. The van der Waals surface area contributed by atoms with Crippen molar-refractivity contribution in [2.24, 2.45) is 0 Å². The Kier molecular flexibility index (Phi) is 6.20. The third kappa shape index (κ3) is 4.78. The van der Waals surface area contributed by atoms with Crippen molar-refractivity contribution in [2.75, 3.05) is 25.1 Å². The average Bonchev–Trinajstić information content (AvgIpc) is 3.25. The van der Waals surface area contributed by atoms with E-state index in [0.29, 0.717) is 52.3 Å². The van der Waals surface area contributed by atoms with Crippen molar-refractivity contribution in [1.29, 1.82) is 0 Å². The molecule has 0 amide bonds. The summed E-state index contributed by atoms with van der Waals surface area (Å²) in [6.07, 6.45) is -0.547. The van der Waals surface area contributed by atoms with E-state index in [4.69, 9.17) is 16.3 Å². The highest BCUT2D eigenvalue weighted by Gasteiger charge is 2.32. The summed E-state index contributed by atoms with van der Waals surface area (Å²) >= 11 is 6.86. The van der Waals surface area contributed by atoms with Crippen LogP contribution in [-0.4, -0.2) is 39.7 Å². The van der Waals surface area contributed by atoms with Gasteiger partial charge in [-0.3, -0.25) is 4.57 Å². The third-order valence-electron chi connectivity index (χ3n) is 4.85. The molecule has 0 aliphatic carbocycles. The number of methoxy groups -OCH3 is 1. The second-order valence-electron chi connectivity index (χ2n) is 6.94. The first-order chi connectivity index (χ1) is 15.2. The Morgan fingerprint density at radius 2 is 2.03 bits per heavy atom. The first kappa shape index (κ1) is 22.3. The van der Waals surface area contributed by atoms with Crippen LogP contribution in [0.5, 0.6) is 5.88 Å².